The van der Waals surface area contributed by atoms with Crippen molar-refractivity contribution in [2.45, 2.75) is 45.1 Å². The summed E-state index contributed by atoms with van der Waals surface area (Å²) in [5.41, 5.74) is -0.331. The van der Waals surface area contributed by atoms with Crippen molar-refractivity contribution in [2.75, 3.05) is 6.54 Å². The molecule has 0 heterocycles. The van der Waals surface area contributed by atoms with Gasteiger partial charge in [0.1, 0.15) is 5.82 Å². The average Bonchev–Trinajstić information content (AvgIpc) is 2.44. The number of hydrogen-bond acceptors (Lipinski definition) is 2. The maximum atomic E-state index is 13.6. The van der Waals surface area contributed by atoms with E-state index in [0.29, 0.717) is 29.3 Å². The van der Waals surface area contributed by atoms with E-state index in [1.165, 1.54) is 6.07 Å². The zero-order valence-corrected chi connectivity index (χ0v) is 13.5. The SMILES string of the molecule is CCC(O)(CC)CNC(=O)CCc1ccc(Br)cc1F. The quantitative estimate of drug-likeness (QED) is 0.797. The average molecular weight is 346 g/mol. The molecule has 0 atom stereocenters. The number of carbonyl (C=O) groups excluding carboxylic acids is 1. The normalized spacial score (nSPS) is 11.4. The van der Waals surface area contributed by atoms with Gasteiger partial charge in [-0.1, -0.05) is 35.8 Å². The summed E-state index contributed by atoms with van der Waals surface area (Å²) in [6.07, 6.45) is 1.74. The fraction of sp³-hybridized carbons (Fsp3) is 0.533. The summed E-state index contributed by atoms with van der Waals surface area (Å²) in [5.74, 6) is -0.488. The van der Waals surface area contributed by atoms with E-state index in [1.807, 2.05) is 13.8 Å². The van der Waals surface area contributed by atoms with Crippen LogP contribution in [0.2, 0.25) is 0 Å². The Morgan fingerprint density at radius 3 is 2.60 bits per heavy atom. The summed E-state index contributed by atoms with van der Waals surface area (Å²) < 4.78 is 14.3. The van der Waals surface area contributed by atoms with E-state index in [-0.39, 0.29) is 24.7 Å². The van der Waals surface area contributed by atoms with Crippen LogP contribution < -0.4 is 5.32 Å². The number of aryl methyl sites for hydroxylation is 1. The molecule has 0 saturated carbocycles. The fourth-order valence-electron chi connectivity index (χ4n) is 1.82. The van der Waals surface area contributed by atoms with Crippen LogP contribution in [-0.2, 0) is 11.2 Å². The molecule has 1 aromatic rings. The van der Waals surface area contributed by atoms with Crippen LogP contribution in [0, 0.1) is 5.82 Å². The molecule has 0 spiro atoms. The van der Waals surface area contributed by atoms with Gasteiger partial charge in [0.25, 0.3) is 0 Å². The topological polar surface area (TPSA) is 49.3 Å². The molecule has 0 aromatic heterocycles. The number of halogens is 2. The Labute approximate surface area is 127 Å². The van der Waals surface area contributed by atoms with Gasteiger partial charge in [-0.15, -0.1) is 0 Å². The van der Waals surface area contributed by atoms with Crippen LogP contribution in [0.5, 0.6) is 0 Å². The second-order valence-electron chi connectivity index (χ2n) is 4.94. The number of carbonyl (C=O) groups is 1. The molecule has 1 amide bonds. The zero-order chi connectivity index (χ0) is 15.2. The highest BCUT2D eigenvalue weighted by atomic mass is 79.9. The molecule has 1 aromatic carbocycles. The molecule has 2 N–H and O–H groups in total. The Hall–Kier alpha value is -0.940. The van der Waals surface area contributed by atoms with Gasteiger partial charge in [0.05, 0.1) is 5.60 Å². The molecule has 112 valence electrons. The second kappa shape index (κ2) is 7.74. The van der Waals surface area contributed by atoms with Crippen molar-refractivity contribution in [1.29, 1.82) is 0 Å². The highest BCUT2D eigenvalue weighted by Crippen LogP contribution is 2.17. The van der Waals surface area contributed by atoms with Crippen molar-refractivity contribution in [3.8, 4) is 0 Å². The van der Waals surface area contributed by atoms with Crippen molar-refractivity contribution in [2.24, 2.45) is 0 Å². The molecule has 0 radical (unpaired) electrons. The molecule has 1 rings (SSSR count). The third-order valence-corrected chi connectivity index (χ3v) is 4.06. The first-order valence-electron chi connectivity index (χ1n) is 6.83. The summed E-state index contributed by atoms with van der Waals surface area (Å²) in [4.78, 5) is 11.7. The highest BCUT2D eigenvalue weighted by Gasteiger charge is 2.22. The number of benzene rings is 1. The largest absolute Gasteiger partial charge is 0.388 e. The monoisotopic (exact) mass is 345 g/mol. The van der Waals surface area contributed by atoms with E-state index in [4.69, 9.17) is 0 Å². The number of amides is 1. The van der Waals surface area contributed by atoms with E-state index in [9.17, 15) is 14.3 Å². The highest BCUT2D eigenvalue weighted by molar-refractivity contribution is 9.10. The minimum absolute atomic E-state index is 0.173. The van der Waals surface area contributed by atoms with Crippen molar-refractivity contribution < 1.29 is 14.3 Å². The van der Waals surface area contributed by atoms with Gasteiger partial charge < -0.3 is 10.4 Å². The summed E-state index contributed by atoms with van der Waals surface area (Å²) in [6.45, 7) is 4.00. The molecule has 0 aliphatic carbocycles. The first-order chi connectivity index (χ1) is 9.40. The smallest absolute Gasteiger partial charge is 0.220 e. The molecule has 0 bridgehead atoms. The lowest BCUT2D eigenvalue weighted by Crippen LogP contribution is -2.42. The molecule has 0 fully saturated rings. The van der Waals surface area contributed by atoms with Gasteiger partial charge in [0.2, 0.25) is 5.91 Å². The molecule has 5 heteroatoms. The van der Waals surface area contributed by atoms with Crippen LogP contribution in [0.3, 0.4) is 0 Å². The first kappa shape index (κ1) is 17.1. The van der Waals surface area contributed by atoms with Crippen LogP contribution in [0.25, 0.3) is 0 Å². The van der Waals surface area contributed by atoms with Crippen molar-refractivity contribution in [3.05, 3.63) is 34.1 Å². The van der Waals surface area contributed by atoms with Gasteiger partial charge in [0.15, 0.2) is 0 Å². The van der Waals surface area contributed by atoms with Crippen molar-refractivity contribution in [1.82, 2.24) is 5.32 Å². The van der Waals surface area contributed by atoms with E-state index >= 15 is 0 Å². The Kier molecular flexibility index (Phi) is 6.62. The number of aliphatic hydroxyl groups is 1. The van der Waals surface area contributed by atoms with E-state index in [0.717, 1.165) is 0 Å². The lowest BCUT2D eigenvalue weighted by atomic mass is 9.97. The molecule has 0 aliphatic rings. The molecular formula is C15H21BrFNO2. The molecule has 0 saturated heterocycles. The minimum Gasteiger partial charge on any atom is -0.388 e. The zero-order valence-electron chi connectivity index (χ0n) is 11.9. The Bertz CT molecular complexity index is 461. The van der Waals surface area contributed by atoms with Crippen LogP contribution in [0.4, 0.5) is 4.39 Å². The Balaban J connectivity index is 2.44. The summed E-state index contributed by atoms with van der Waals surface area (Å²) >= 11 is 3.19. The number of rotatable bonds is 7. The van der Waals surface area contributed by atoms with Crippen LogP contribution in [-0.4, -0.2) is 23.2 Å². The summed E-state index contributed by atoms with van der Waals surface area (Å²) in [5, 5.41) is 12.8. The van der Waals surface area contributed by atoms with Crippen LogP contribution in [0.15, 0.2) is 22.7 Å². The third-order valence-electron chi connectivity index (χ3n) is 3.57. The standard InChI is InChI=1S/C15H21BrFNO2/c1-3-15(20,4-2)10-18-14(19)8-6-11-5-7-12(16)9-13(11)17/h5,7,9,20H,3-4,6,8,10H2,1-2H3,(H,18,19). The van der Waals surface area contributed by atoms with Crippen molar-refractivity contribution in [3.63, 3.8) is 0 Å². The fourth-order valence-corrected chi connectivity index (χ4v) is 2.16. The Morgan fingerprint density at radius 2 is 2.05 bits per heavy atom. The van der Waals surface area contributed by atoms with E-state index in [2.05, 4.69) is 21.2 Å². The lowest BCUT2D eigenvalue weighted by Gasteiger charge is -2.25. The first-order valence-corrected chi connectivity index (χ1v) is 7.62. The number of nitrogens with one attached hydrogen (secondary N) is 1. The van der Waals surface area contributed by atoms with Crippen LogP contribution in [0.1, 0.15) is 38.7 Å². The van der Waals surface area contributed by atoms with E-state index < -0.39 is 5.60 Å². The van der Waals surface area contributed by atoms with Gasteiger partial charge in [-0.3, -0.25) is 4.79 Å². The molecular weight excluding hydrogens is 325 g/mol. The van der Waals surface area contributed by atoms with Gasteiger partial charge in [0, 0.05) is 17.4 Å². The maximum absolute atomic E-state index is 13.6. The number of hydrogen-bond donors (Lipinski definition) is 2. The van der Waals surface area contributed by atoms with Crippen LogP contribution >= 0.6 is 15.9 Å². The van der Waals surface area contributed by atoms with Gasteiger partial charge in [-0.2, -0.15) is 0 Å². The summed E-state index contributed by atoms with van der Waals surface area (Å²) in [7, 11) is 0. The molecule has 0 unspecified atom stereocenters. The second-order valence-corrected chi connectivity index (χ2v) is 5.86. The predicted molar refractivity (Wildman–Crippen MR) is 81.0 cm³/mol. The van der Waals surface area contributed by atoms with E-state index in [1.54, 1.807) is 12.1 Å². The summed E-state index contributed by atoms with van der Waals surface area (Å²) in [6, 6.07) is 4.81. The van der Waals surface area contributed by atoms with Crippen molar-refractivity contribution >= 4 is 21.8 Å². The molecule has 3 nitrogen and oxygen atoms in total. The van der Waals surface area contributed by atoms with Gasteiger partial charge >= 0.3 is 0 Å². The third kappa shape index (κ3) is 5.21. The predicted octanol–water partition coefficient (Wildman–Crippen LogP) is 3.19. The molecule has 20 heavy (non-hydrogen) atoms. The lowest BCUT2D eigenvalue weighted by molar-refractivity contribution is -0.122. The maximum Gasteiger partial charge on any atom is 0.220 e. The van der Waals surface area contributed by atoms with Gasteiger partial charge in [-0.25, -0.2) is 4.39 Å². The van der Waals surface area contributed by atoms with Gasteiger partial charge in [-0.05, 0) is 37.0 Å². The minimum atomic E-state index is -0.849. The molecule has 0 aliphatic heterocycles. The Morgan fingerprint density at radius 1 is 1.40 bits per heavy atom.